The molecule has 0 saturated carbocycles. The van der Waals surface area contributed by atoms with E-state index in [-0.39, 0.29) is 5.82 Å². The molecule has 0 aromatic carbocycles. The van der Waals surface area contributed by atoms with Crippen LogP contribution in [0.15, 0.2) is 6.33 Å². The molecule has 2 heterocycles. The third kappa shape index (κ3) is 0.801. The first-order valence-corrected chi connectivity index (χ1v) is 2.71. The van der Waals surface area contributed by atoms with E-state index >= 15 is 0 Å². The summed E-state index contributed by atoms with van der Waals surface area (Å²) >= 11 is 0. The highest BCUT2D eigenvalue weighted by molar-refractivity contribution is 5.39. The average Bonchev–Trinajstić information content (AvgIpc) is 2.55. The summed E-state index contributed by atoms with van der Waals surface area (Å²) < 4.78 is 0. The Morgan fingerprint density at radius 2 is 2.45 bits per heavy atom. The van der Waals surface area contributed by atoms with E-state index in [9.17, 15) is 0 Å². The van der Waals surface area contributed by atoms with Crippen LogP contribution in [0.3, 0.4) is 0 Å². The van der Waals surface area contributed by atoms with Crippen LogP contribution in [0.4, 0.5) is 0 Å². The maximum absolute atomic E-state index is 8.92. The van der Waals surface area contributed by atoms with E-state index in [2.05, 4.69) is 30.7 Å². The van der Waals surface area contributed by atoms with Crippen molar-refractivity contribution in [3.8, 4) is 11.6 Å². The standard InChI is InChI=1S/C3H3N7O/c11-10-3(7-8-9-10)2-4-1-5-6-2/h1,11H,(H,4,5,6). The SMILES string of the molecule is On1nnnc1-c1ncn[nH]1. The number of rotatable bonds is 1. The topological polar surface area (TPSA) is 105 Å². The Morgan fingerprint density at radius 3 is 3.00 bits per heavy atom. The number of nitrogens with one attached hydrogen (secondary N) is 1. The van der Waals surface area contributed by atoms with Crippen molar-refractivity contribution in [3.05, 3.63) is 6.33 Å². The Bertz CT molecular complexity index is 336. The van der Waals surface area contributed by atoms with E-state index in [0.29, 0.717) is 10.7 Å². The van der Waals surface area contributed by atoms with Gasteiger partial charge in [-0.05, 0) is 10.4 Å². The largest absolute Gasteiger partial charge is 0.409 e. The number of tetrazole rings is 1. The van der Waals surface area contributed by atoms with Crippen LogP contribution in [-0.4, -0.2) is 40.8 Å². The first-order chi connectivity index (χ1) is 5.38. The fourth-order valence-corrected chi connectivity index (χ4v) is 0.638. The number of hydrogen-bond acceptors (Lipinski definition) is 6. The van der Waals surface area contributed by atoms with Crippen LogP contribution in [-0.2, 0) is 0 Å². The Morgan fingerprint density at radius 1 is 1.55 bits per heavy atom. The van der Waals surface area contributed by atoms with Gasteiger partial charge in [0.1, 0.15) is 6.33 Å². The highest BCUT2D eigenvalue weighted by Gasteiger charge is 2.09. The van der Waals surface area contributed by atoms with Crippen LogP contribution in [0.5, 0.6) is 0 Å². The van der Waals surface area contributed by atoms with Gasteiger partial charge in [-0.1, -0.05) is 4.85 Å². The van der Waals surface area contributed by atoms with Crippen molar-refractivity contribution in [3.63, 3.8) is 0 Å². The molecule has 0 aliphatic carbocycles. The molecule has 2 aromatic rings. The van der Waals surface area contributed by atoms with Crippen molar-refractivity contribution in [2.75, 3.05) is 0 Å². The van der Waals surface area contributed by atoms with Gasteiger partial charge in [-0.25, -0.2) is 4.98 Å². The second-order valence-corrected chi connectivity index (χ2v) is 1.73. The smallest absolute Gasteiger partial charge is 0.258 e. The Kier molecular flexibility index (Phi) is 1.05. The van der Waals surface area contributed by atoms with E-state index in [1.54, 1.807) is 0 Å². The summed E-state index contributed by atoms with van der Waals surface area (Å²) in [7, 11) is 0. The highest BCUT2D eigenvalue weighted by Crippen LogP contribution is 2.04. The third-order valence-electron chi connectivity index (χ3n) is 1.08. The van der Waals surface area contributed by atoms with Crippen molar-refractivity contribution >= 4 is 0 Å². The molecule has 0 unspecified atom stereocenters. The summed E-state index contributed by atoms with van der Waals surface area (Å²) in [6.45, 7) is 0. The minimum atomic E-state index is 0.127. The van der Waals surface area contributed by atoms with E-state index < -0.39 is 0 Å². The van der Waals surface area contributed by atoms with Crippen LogP contribution in [0.1, 0.15) is 0 Å². The monoisotopic (exact) mass is 153 g/mol. The second-order valence-electron chi connectivity index (χ2n) is 1.73. The summed E-state index contributed by atoms with van der Waals surface area (Å²) in [6.07, 6.45) is 1.30. The molecule has 8 heteroatoms. The van der Waals surface area contributed by atoms with Gasteiger partial charge in [-0.15, -0.1) is 5.10 Å². The van der Waals surface area contributed by atoms with Gasteiger partial charge in [-0.2, -0.15) is 5.10 Å². The van der Waals surface area contributed by atoms with Gasteiger partial charge in [0.15, 0.2) is 5.82 Å². The van der Waals surface area contributed by atoms with Crippen molar-refractivity contribution in [1.29, 1.82) is 0 Å². The molecular weight excluding hydrogens is 150 g/mol. The number of H-pyrrole nitrogens is 1. The molecule has 0 atom stereocenters. The van der Waals surface area contributed by atoms with Crippen LogP contribution >= 0.6 is 0 Å². The molecule has 56 valence electrons. The molecule has 0 amide bonds. The molecule has 2 aromatic heterocycles. The third-order valence-corrected chi connectivity index (χ3v) is 1.08. The van der Waals surface area contributed by atoms with Crippen molar-refractivity contribution in [1.82, 2.24) is 35.6 Å². The van der Waals surface area contributed by atoms with Crippen LogP contribution in [0.2, 0.25) is 0 Å². The lowest BCUT2D eigenvalue weighted by Gasteiger charge is -1.87. The number of aromatic amines is 1. The second kappa shape index (κ2) is 2.01. The van der Waals surface area contributed by atoms with Crippen molar-refractivity contribution in [2.24, 2.45) is 0 Å². The van der Waals surface area contributed by atoms with Crippen molar-refractivity contribution < 1.29 is 5.21 Å². The Labute approximate surface area is 59.8 Å². The molecule has 0 bridgehead atoms. The predicted molar refractivity (Wildman–Crippen MR) is 30.4 cm³/mol. The summed E-state index contributed by atoms with van der Waals surface area (Å²) in [5.74, 6) is 0.444. The van der Waals surface area contributed by atoms with Gasteiger partial charge in [0, 0.05) is 0 Å². The molecule has 0 aliphatic heterocycles. The summed E-state index contributed by atoms with van der Waals surface area (Å²) in [6, 6.07) is 0. The summed E-state index contributed by atoms with van der Waals surface area (Å²) in [5, 5.41) is 24.8. The molecular formula is C3H3N7O. The van der Waals surface area contributed by atoms with Gasteiger partial charge in [0.2, 0.25) is 0 Å². The van der Waals surface area contributed by atoms with E-state index in [0.717, 1.165) is 0 Å². The summed E-state index contributed by atoms with van der Waals surface area (Å²) in [5.41, 5.74) is 0. The average molecular weight is 153 g/mol. The van der Waals surface area contributed by atoms with Gasteiger partial charge >= 0.3 is 0 Å². The molecule has 11 heavy (non-hydrogen) atoms. The lowest BCUT2D eigenvalue weighted by Crippen LogP contribution is -1.97. The molecule has 0 aliphatic rings. The predicted octanol–water partition coefficient (Wildman–Crippen LogP) is -1.30. The summed E-state index contributed by atoms with van der Waals surface area (Å²) in [4.78, 5) is 4.24. The van der Waals surface area contributed by atoms with Gasteiger partial charge in [-0.3, -0.25) is 5.10 Å². The first kappa shape index (κ1) is 5.77. The molecule has 0 radical (unpaired) electrons. The zero-order valence-corrected chi connectivity index (χ0v) is 5.21. The molecule has 0 saturated heterocycles. The van der Waals surface area contributed by atoms with Crippen LogP contribution in [0, 0.1) is 0 Å². The fourth-order valence-electron chi connectivity index (χ4n) is 0.638. The number of nitrogens with zero attached hydrogens (tertiary/aromatic N) is 6. The highest BCUT2D eigenvalue weighted by atomic mass is 16.5. The lowest BCUT2D eigenvalue weighted by molar-refractivity contribution is 0.147. The molecule has 0 spiro atoms. The first-order valence-electron chi connectivity index (χ1n) is 2.71. The van der Waals surface area contributed by atoms with Gasteiger partial charge in [0.05, 0.1) is 0 Å². The Balaban J connectivity index is 2.53. The zero-order chi connectivity index (χ0) is 7.68. The number of hydrogen-bond donors (Lipinski definition) is 2. The molecule has 2 N–H and O–H groups in total. The lowest BCUT2D eigenvalue weighted by atomic mass is 10.6. The van der Waals surface area contributed by atoms with E-state index in [1.165, 1.54) is 6.33 Å². The minimum absolute atomic E-state index is 0.127. The van der Waals surface area contributed by atoms with E-state index in [1.807, 2.05) is 0 Å². The Hall–Kier alpha value is -1.99. The molecule has 2 rings (SSSR count). The maximum Gasteiger partial charge on any atom is 0.258 e. The zero-order valence-electron chi connectivity index (χ0n) is 5.21. The maximum atomic E-state index is 8.92. The minimum Gasteiger partial charge on any atom is -0.409 e. The quantitative estimate of drug-likeness (QED) is 0.493. The number of aromatic nitrogens is 7. The normalized spacial score (nSPS) is 10.2. The molecule has 0 fully saturated rings. The van der Waals surface area contributed by atoms with Crippen molar-refractivity contribution in [2.45, 2.75) is 0 Å². The van der Waals surface area contributed by atoms with E-state index in [4.69, 9.17) is 5.21 Å². The van der Waals surface area contributed by atoms with Crippen LogP contribution < -0.4 is 0 Å². The van der Waals surface area contributed by atoms with Crippen LogP contribution in [0.25, 0.3) is 11.6 Å². The molecule has 8 nitrogen and oxygen atoms in total. The van der Waals surface area contributed by atoms with Gasteiger partial charge < -0.3 is 5.21 Å². The fraction of sp³-hybridized carbons (Fsp3) is 0. The van der Waals surface area contributed by atoms with Gasteiger partial charge in [0.25, 0.3) is 5.82 Å².